The molecule has 7 heteroatoms. The van der Waals surface area contributed by atoms with Gasteiger partial charge in [-0.15, -0.1) is 11.3 Å². The van der Waals surface area contributed by atoms with E-state index in [1.807, 2.05) is 30.3 Å². The molecule has 5 nitrogen and oxygen atoms in total. The average Bonchev–Trinajstić information content (AvgIpc) is 3.07. The quantitative estimate of drug-likeness (QED) is 0.610. The number of hydrogen-bond acceptors (Lipinski definition) is 4. The molecule has 3 aromatic heterocycles. The highest BCUT2D eigenvalue weighted by Gasteiger charge is 2.13. The van der Waals surface area contributed by atoms with Gasteiger partial charge < -0.3 is 4.74 Å². The fourth-order valence-corrected chi connectivity index (χ4v) is 3.50. The van der Waals surface area contributed by atoms with Crippen molar-refractivity contribution in [3.63, 3.8) is 0 Å². The van der Waals surface area contributed by atoms with Crippen LogP contribution in [0.25, 0.3) is 26.8 Å². The van der Waals surface area contributed by atoms with Crippen LogP contribution >= 0.6 is 22.9 Å². The molecule has 0 atom stereocenters. The van der Waals surface area contributed by atoms with E-state index in [0.717, 1.165) is 27.2 Å². The number of nitrogens with one attached hydrogen (secondary N) is 1. The monoisotopic (exact) mass is 331 g/mol. The lowest BCUT2D eigenvalue weighted by Crippen LogP contribution is -2.14. The molecular formula is C15H10ClN3O2S. The molecule has 4 rings (SSSR count). The van der Waals surface area contributed by atoms with E-state index in [2.05, 4.69) is 10.1 Å². The van der Waals surface area contributed by atoms with Gasteiger partial charge in [0.05, 0.1) is 28.0 Å². The maximum atomic E-state index is 12.6. The standard InChI is InChI=1S/C15H10ClN3O2S/c1-21-9-4-2-8(3-5-9)19-15(20)11-7-17-14-10(13(11)18-19)6-12(16)22-14/h2-7,18H,1H3. The second-order valence-corrected chi connectivity index (χ2v) is 6.43. The third-order valence-corrected chi connectivity index (χ3v) is 4.69. The summed E-state index contributed by atoms with van der Waals surface area (Å²) in [4.78, 5) is 17.7. The summed E-state index contributed by atoms with van der Waals surface area (Å²) >= 11 is 7.44. The summed E-state index contributed by atoms with van der Waals surface area (Å²) in [5, 5.41) is 4.54. The van der Waals surface area contributed by atoms with Gasteiger partial charge in [-0.2, -0.15) is 0 Å². The molecule has 0 saturated carbocycles. The Labute approximate surface area is 133 Å². The first-order valence-electron chi connectivity index (χ1n) is 6.50. The molecule has 3 heterocycles. The molecule has 4 aromatic rings. The zero-order valence-corrected chi connectivity index (χ0v) is 13.0. The summed E-state index contributed by atoms with van der Waals surface area (Å²) in [6.45, 7) is 0. The molecular weight excluding hydrogens is 322 g/mol. The Morgan fingerprint density at radius 2 is 2.05 bits per heavy atom. The lowest BCUT2D eigenvalue weighted by molar-refractivity contribution is 0.414. The number of H-pyrrole nitrogens is 1. The fraction of sp³-hybridized carbons (Fsp3) is 0.0667. The second kappa shape index (κ2) is 4.86. The Kier molecular flexibility index (Phi) is 2.95. The molecule has 0 aliphatic rings. The van der Waals surface area contributed by atoms with Crippen molar-refractivity contribution < 1.29 is 4.74 Å². The van der Waals surface area contributed by atoms with Gasteiger partial charge >= 0.3 is 0 Å². The number of ether oxygens (including phenoxy) is 1. The van der Waals surface area contributed by atoms with Crippen LogP contribution in [0.4, 0.5) is 0 Å². The highest BCUT2D eigenvalue weighted by Crippen LogP contribution is 2.31. The summed E-state index contributed by atoms with van der Waals surface area (Å²) in [7, 11) is 1.60. The van der Waals surface area contributed by atoms with Gasteiger partial charge in [0.25, 0.3) is 5.56 Å². The van der Waals surface area contributed by atoms with Gasteiger partial charge in [0, 0.05) is 11.6 Å². The average molecular weight is 332 g/mol. The van der Waals surface area contributed by atoms with Gasteiger partial charge in [0.2, 0.25) is 0 Å². The van der Waals surface area contributed by atoms with E-state index in [1.165, 1.54) is 16.0 Å². The molecule has 0 bridgehead atoms. The topological polar surface area (TPSA) is 59.9 Å². The molecule has 0 amide bonds. The first-order valence-corrected chi connectivity index (χ1v) is 7.70. The van der Waals surface area contributed by atoms with Crippen molar-refractivity contribution in [2.24, 2.45) is 0 Å². The summed E-state index contributed by atoms with van der Waals surface area (Å²) in [6.07, 6.45) is 1.59. The third kappa shape index (κ3) is 1.92. The first kappa shape index (κ1) is 13.4. The fourth-order valence-electron chi connectivity index (χ4n) is 2.44. The van der Waals surface area contributed by atoms with Crippen LogP contribution in [0, 0.1) is 0 Å². The number of benzene rings is 1. The van der Waals surface area contributed by atoms with Gasteiger partial charge in [-0.25, -0.2) is 9.67 Å². The number of halogens is 1. The molecule has 1 N–H and O–H groups in total. The number of aromatic amines is 1. The van der Waals surface area contributed by atoms with E-state index in [1.54, 1.807) is 13.3 Å². The maximum Gasteiger partial charge on any atom is 0.280 e. The Morgan fingerprint density at radius 1 is 1.27 bits per heavy atom. The molecule has 0 radical (unpaired) electrons. The van der Waals surface area contributed by atoms with Crippen LogP contribution in [-0.2, 0) is 0 Å². The summed E-state index contributed by atoms with van der Waals surface area (Å²) < 4.78 is 7.28. The van der Waals surface area contributed by atoms with E-state index >= 15 is 0 Å². The summed E-state index contributed by atoms with van der Waals surface area (Å²) in [6, 6.07) is 9.08. The number of hydrogen-bond donors (Lipinski definition) is 1. The molecule has 0 saturated heterocycles. The van der Waals surface area contributed by atoms with Crippen LogP contribution in [0.15, 0.2) is 41.3 Å². The van der Waals surface area contributed by atoms with Crippen molar-refractivity contribution in [3.8, 4) is 11.4 Å². The molecule has 0 fully saturated rings. The van der Waals surface area contributed by atoms with E-state index in [-0.39, 0.29) is 5.56 Å². The Bertz CT molecular complexity index is 1050. The molecule has 0 aliphatic heterocycles. The van der Waals surface area contributed by atoms with E-state index in [0.29, 0.717) is 9.72 Å². The van der Waals surface area contributed by atoms with E-state index in [4.69, 9.17) is 16.3 Å². The van der Waals surface area contributed by atoms with Crippen LogP contribution in [0.1, 0.15) is 0 Å². The number of thiophene rings is 1. The number of fused-ring (bicyclic) bond motifs is 3. The Morgan fingerprint density at radius 3 is 2.77 bits per heavy atom. The molecule has 1 aromatic carbocycles. The number of nitrogens with zero attached hydrogens (tertiary/aromatic N) is 2. The largest absolute Gasteiger partial charge is 0.497 e. The minimum Gasteiger partial charge on any atom is -0.497 e. The van der Waals surface area contributed by atoms with Crippen LogP contribution in [0.3, 0.4) is 0 Å². The highest BCUT2D eigenvalue weighted by atomic mass is 35.5. The van der Waals surface area contributed by atoms with Crippen molar-refractivity contribution in [2.45, 2.75) is 0 Å². The normalized spacial score (nSPS) is 11.4. The predicted octanol–water partition coefficient (Wildman–Crippen LogP) is 3.59. The third-order valence-electron chi connectivity index (χ3n) is 3.52. The predicted molar refractivity (Wildman–Crippen MR) is 88.6 cm³/mol. The highest BCUT2D eigenvalue weighted by molar-refractivity contribution is 7.22. The zero-order valence-electron chi connectivity index (χ0n) is 11.5. The molecule has 0 unspecified atom stereocenters. The Hall–Kier alpha value is -2.31. The van der Waals surface area contributed by atoms with Gasteiger partial charge in [-0.1, -0.05) is 11.6 Å². The SMILES string of the molecule is COc1ccc(-n2[nH]c3c(cnc4sc(Cl)cc43)c2=O)cc1. The minimum absolute atomic E-state index is 0.142. The molecule has 110 valence electrons. The Balaban J connectivity index is 1.99. The van der Waals surface area contributed by atoms with Gasteiger partial charge in [-0.05, 0) is 30.3 Å². The van der Waals surface area contributed by atoms with Crippen LogP contribution in [0.2, 0.25) is 4.34 Å². The smallest absolute Gasteiger partial charge is 0.280 e. The van der Waals surface area contributed by atoms with Crippen molar-refractivity contribution in [3.05, 3.63) is 51.2 Å². The van der Waals surface area contributed by atoms with Crippen LogP contribution in [0.5, 0.6) is 5.75 Å². The minimum atomic E-state index is -0.142. The lowest BCUT2D eigenvalue weighted by atomic mass is 10.2. The van der Waals surface area contributed by atoms with E-state index in [9.17, 15) is 4.79 Å². The number of pyridine rings is 1. The second-order valence-electron chi connectivity index (χ2n) is 4.77. The van der Waals surface area contributed by atoms with Crippen molar-refractivity contribution in [1.82, 2.24) is 14.8 Å². The lowest BCUT2D eigenvalue weighted by Gasteiger charge is -2.03. The molecule has 0 aliphatic carbocycles. The van der Waals surface area contributed by atoms with Gasteiger partial charge in [0.1, 0.15) is 10.6 Å². The summed E-state index contributed by atoms with van der Waals surface area (Å²) in [5.74, 6) is 0.738. The summed E-state index contributed by atoms with van der Waals surface area (Å²) in [5.41, 5.74) is 1.34. The zero-order chi connectivity index (χ0) is 15.3. The van der Waals surface area contributed by atoms with Gasteiger partial charge in [0.15, 0.2) is 0 Å². The molecule has 22 heavy (non-hydrogen) atoms. The number of rotatable bonds is 2. The van der Waals surface area contributed by atoms with Crippen molar-refractivity contribution in [2.75, 3.05) is 7.11 Å². The number of aromatic nitrogens is 3. The van der Waals surface area contributed by atoms with Crippen molar-refractivity contribution >= 4 is 44.1 Å². The van der Waals surface area contributed by atoms with Gasteiger partial charge in [-0.3, -0.25) is 9.89 Å². The van der Waals surface area contributed by atoms with E-state index < -0.39 is 0 Å². The van der Waals surface area contributed by atoms with Crippen LogP contribution < -0.4 is 10.3 Å². The maximum absolute atomic E-state index is 12.6. The van der Waals surface area contributed by atoms with Crippen LogP contribution in [-0.4, -0.2) is 21.9 Å². The van der Waals surface area contributed by atoms with Crippen molar-refractivity contribution in [1.29, 1.82) is 0 Å². The number of methoxy groups -OCH3 is 1. The molecule has 0 spiro atoms. The first-order chi connectivity index (χ1) is 10.7.